The summed E-state index contributed by atoms with van der Waals surface area (Å²) in [4.78, 5) is 31.8. The Kier molecular flexibility index (Phi) is 5.63. The number of nitrogens with zero attached hydrogens (tertiary/aromatic N) is 3. The zero-order valence-electron chi connectivity index (χ0n) is 16.9. The molecule has 30 heavy (non-hydrogen) atoms. The van der Waals surface area contributed by atoms with E-state index in [0.29, 0.717) is 53.3 Å². The van der Waals surface area contributed by atoms with Crippen molar-refractivity contribution in [3.05, 3.63) is 63.7 Å². The van der Waals surface area contributed by atoms with Crippen LogP contribution in [0.3, 0.4) is 0 Å². The third-order valence-corrected chi connectivity index (χ3v) is 5.81. The van der Waals surface area contributed by atoms with Crippen LogP contribution < -0.4 is 15.6 Å². The number of hydrogen-bond acceptors (Lipinski definition) is 4. The molecule has 4 rings (SSSR count). The largest absolute Gasteiger partial charge is 0.495 e. The lowest BCUT2D eigenvalue weighted by Gasteiger charge is -2.33. The molecule has 1 saturated heterocycles. The predicted molar refractivity (Wildman–Crippen MR) is 118 cm³/mol. The summed E-state index contributed by atoms with van der Waals surface area (Å²) in [5, 5.41) is 3.91. The minimum Gasteiger partial charge on any atom is -0.495 e. The van der Waals surface area contributed by atoms with Crippen LogP contribution in [-0.2, 0) is 0 Å². The molecule has 2 amide bonds. The van der Waals surface area contributed by atoms with Crippen LogP contribution in [0.5, 0.6) is 5.75 Å². The molecule has 0 atom stereocenters. The monoisotopic (exact) mass is 426 g/mol. The van der Waals surface area contributed by atoms with Gasteiger partial charge in [-0.3, -0.25) is 9.36 Å². The highest BCUT2D eigenvalue weighted by Gasteiger charge is 2.25. The topological polar surface area (TPSA) is 76.5 Å². The first-order chi connectivity index (χ1) is 14.5. The summed E-state index contributed by atoms with van der Waals surface area (Å²) in [5.41, 5.74) is 2.10. The van der Waals surface area contributed by atoms with Crippen molar-refractivity contribution in [1.29, 1.82) is 0 Å². The van der Waals surface area contributed by atoms with E-state index < -0.39 is 0 Å². The molecule has 1 N–H and O–H groups in total. The van der Waals surface area contributed by atoms with Crippen molar-refractivity contribution in [3.8, 4) is 5.75 Å². The number of urea groups is 1. The minimum atomic E-state index is -0.173. The minimum absolute atomic E-state index is 0.00839. The number of hydrogen-bond donors (Lipinski definition) is 1. The van der Waals surface area contributed by atoms with Crippen molar-refractivity contribution in [2.45, 2.75) is 25.8 Å². The maximum atomic E-state index is 12.9. The lowest BCUT2D eigenvalue weighted by molar-refractivity contribution is 0.182. The summed E-state index contributed by atoms with van der Waals surface area (Å²) >= 11 is 6.15. The first-order valence-electron chi connectivity index (χ1n) is 9.84. The van der Waals surface area contributed by atoms with Crippen LogP contribution in [0.1, 0.15) is 24.4 Å². The number of aryl methyl sites for hydroxylation is 1. The number of nitrogens with one attached hydrogen (secondary N) is 1. The fourth-order valence-corrected chi connectivity index (χ4v) is 4.07. The van der Waals surface area contributed by atoms with Crippen molar-refractivity contribution in [2.24, 2.45) is 0 Å². The summed E-state index contributed by atoms with van der Waals surface area (Å²) in [6.45, 7) is 3.05. The highest BCUT2D eigenvalue weighted by Crippen LogP contribution is 2.27. The van der Waals surface area contributed by atoms with E-state index in [1.165, 1.54) is 0 Å². The van der Waals surface area contributed by atoms with E-state index >= 15 is 0 Å². The molecule has 1 fully saturated rings. The molecule has 8 heteroatoms. The normalized spacial score (nSPS) is 14.7. The number of anilines is 1. The zero-order valence-corrected chi connectivity index (χ0v) is 17.6. The van der Waals surface area contributed by atoms with Crippen LogP contribution >= 0.6 is 11.6 Å². The summed E-state index contributed by atoms with van der Waals surface area (Å²) in [6.07, 6.45) is 2.91. The van der Waals surface area contributed by atoms with Gasteiger partial charge in [0.25, 0.3) is 5.56 Å². The Labute approximate surface area is 179 Å². The Bertz CT molecular complexity index is 1150. The SMILES string of the molecule is COc1ccc(C)cc1NC(=O)N1CCC(n2cnc3c(Cl)cccc3c2=O)CC1. The highest BCUT2D eigenvalue weighted by atomic mass is 35.5. The summed E-state index contributed by atoms with van der Waals surface area (Å²) in [7, 11) is 1.58. The Morgan fingerprint density at radius 1 is 1.23 bits per heavy atom. The van der Waals surface area contributed by atoms with Crippen LogP contribution in [0.2, 0.25) is 5.02 Å². The molecule has 2 heterocycles. The number of amides is 2. The predicted octanol–water partition coefficient (Wildman–Crippen LogP) is 4.24. The number of fused-ring (bicyclic) bond motifs is 1. The average Bonchev–Trinajstić information content (AvgIpc) is 2.75. The molecule has 0 spiro atoms. The molecule has 2 aromatic carbocycles. The molecule has 0 unspecified atom stereocenters. The standard InChI is InChI=1S/C22H23ClN4O3/c1-14-6-7-19(30-2)18(12-14)25-22(29)26-10-8-15(9-11-26)27-13-24-20-16(21(27)28)4-3-5-17(20)23/h3-7,12-13,15H,8-11H2,1-2H3,(H,25,29). The lowest BCUT2D eigenvalue weighted by atomic mass is 10.0. The third kappa shape index (κ3) is 3.85. The van der Waals surface area contributed by atoms with E-state index in [4.69, 9.17) is 16.3 Å². The van der Waals surface area contributed by atoms with Gasteiger partial charge in [-0.1, -0.05) is 23.7 Å². The number of carbonyl (C=O) groups is 1. The number of rotatable bonds is 3. The second-order valence-electron chi connectivity index (χ2n) is 7.45. The van der Waals surface area contributed by atoms with Gasteiger partial charge in [0.05, 0.1) is 35.1 Å². The van der Waals surface area contributed by atoms with Crippen molar-refractivity contribution < 1.29 is 9.53 Å². The average molecular weight is 427 g/mol. The third-order valence-electron chi connectivity index (χ3n) is 5.50. The molecule has 1 aliphatic rings. The fraction of sp³-hybridized carbons (Fsp3) is 0.318. The van der Waals surface area contributed by atoms with E-state index in [1.807, 2.05) is 25.1 Å². The van der Waals surface area contributed by atoms with Crippen LogP contribution in [0, 0.1) is 6.92 Å². The van der Waals surface area contributed by atoms with Gasteiger partial charge in [-0.25, -0.2) is 9.78 Å². The van der Waals surface area contributed by atoms with Crippen LogP contribution in [0.4, 0.5) is 10.5 Å². The Morgan fingerprint density at radius 3 is 2.73 bits per heavy atom. The number of ether oxygens (including phenoxy) is 1. The Balaban J connectivity index is 1.46. The molecule has 1 aromatic heterocycles. The van der Waals surface area contributed by atoms with E-state index in [9.17, 15) is 9.59 Å². The summed E-state index contributed by atoms with van der Waals surface area (Å²) < 4.78 is 7.00. The smallest absolute Gasteiger partial charge is 0.321 e. The number of para-hydroxylation sites is 1. The number of aromatic nitrogens is 2. The van der Waals surface area contributed by atoms with E-state index in [-0.39, 0.29) is 17.6 Å². The van der Waals surface area contributed by atoms with Gasteiger partial charge in [-0.2, -0.15) is 0 Å². The Hall–Kier alpha value is -3.06. The molecular formula is C22H23ClN4O3. The molecule has 1 aliphatic heterocycles. The zero-order chi connectivity index (χ0) is 21.3. The number of piperidine rings is 1. The fourth-order valence-electron chi connectivity index (χ4n) is 3.85. The van der Waals surface area contributed by atoms with Crippen LogP contribution in [-0.4, -0.2) is 40.7 Å². The summed E-state index contributed by atoms with van der Waals surface area (Å²) in [5.74, 6) is 0.622. The first-order valence-corrected chi connectivity index (χ1v) is 10.2. The second-order valence-corrected chi connectivity index (χ2v) is 7.85. The van der Waals surface area contributed by atoms with E-state index in [1.54, 1.807) is 41.1 Å². The van der Waals surface area contributed by atoms with Crippen LogP contribution in [0.25, 0.3) is 10.9 Å². The van der Waals surface area contributed by atoms with Gasteiger partial charge in [-0.15, -0.1) is 0 Å². The van der Waals surface area contributed by atoms with Gasteiger partial charge in [-0.05, 0) is 49.6 Å². The molecule has 0 radical (unpaired) electrons. The summed E-state index contributed by atoms with van der Waals surface area (Å²) in [6, 6.07) is 10.7. The molecule has 3 aromatic rings. The van der Waals surface area contributed by atoms with E-state index in [0.717, 1.165) is 5.56 Å². The first kappa shape index (κ1) is 20.2. The van der Waals surface area contributed by atoms with E-state index in [2.05, 4.69) is 10.3 Å². The van der Waals surface area contributed by atoms with Gasteiger partial charge in [0.1, 0.15) is 5.75 Å². The van der Waals surface area contributed by atoms with Gasteiger partial charge in [0, 0.05) is 19.1 Å². The van der Waals surface area contributed by atoms with Crippen molar-refractivity contribution in [3.63, 3.8) is 0 Å². The molecule has 0 aliphatic carbocycles. The van der Waals surface area contributed by atoms with Gasteiger partial charge >= 0.3 is 6.03 Å². The quantitative estimate of drug-likeness (QED) is 0.679. The van der Waals surface area contributed by atoms with Gasteiger partial charge in [0.15, 0.2) is 0 Å². The maximum absolute atomic E-state index is 12.9. The number of likely N-dealkylation sites (tertiary alicyclic amines) is 1. The number of methoxy groups -OCH3 is 1. The molecule has 156 valence electrons. The molecule has 7 nitrogen and oxygen atoms in total. The number of halogens is 1. The molecular weight excluding hydrogens is 404 g/mol. The van der Waals surface area contributed by atoms with Gasteiger partial charge in [0.2, 0.25) is 0 Å². The lowest BCUT2D eigenvalue weighted by Crippen LogP contribution is -2.42. The maximum Gasteiger partial charge on any atom is 0.321 e. The van der Waals surface area contributed by atoms with Crippen molar-refractivity contribution in [1.82, 2.24) is 14.5 Å². The number of carbonyl (C=O) groups excluding carboxylic acids is 1. The van der Waals surface area contributed by atoms with Crippen molar-refractivity contribution in [2.75, 3.05) is 25.5 Å². The Morgan fingerprint density at radius 2 is 2.00 bits per heavy atom. The molecule has 0 saturated carbocycles. The number of benzene rings is 2. The van der Waals surface area contributed by atoms with Crippen molar-refractivity contribution >= 4 is 34.2 Å². The van der Waals surface area contributed by atoms with Gasteiger partial charge < -0.3 is 15.0 Å². The molecule has 0 bridgehead atoms. The highest BCUT2D eigenvalue weighted by molar-refractivity contribution is 6.34. The van der Waals surface area contributed by atoms with Crippen LogP contribution in [0.15, 0.2) is 47.5 Å². The second kappa shape index (κ2) is 8.36.